The predicted octanol–water partition coefficient (Wildman–Crippen LogP) is 0.303. The van der Waals surface area contributed by atoms with Crippen molar-refractivity contribution in [1.29, 1.82) is 0 Å². The fourth-order valence-electron chi connectivity index (χ4n) is 1.35. The van der Waals surface area contributed by atoms with Crippen LogP contribution in [0.3, 0.4) is 0 Å². The normalized spacial score (nSPS) is 24.7. The van der Waals surface area contributed by atoms with Crippen LogP contribution in [-0.2, 0) is 0 Å². The van der Waals surface area contributed by atoms with E-state index in [0.29, 0.717) is 6.04 Å². The highest BCUT2D eigenvalue weighted by Gasteiger charge is 2.17. The van der Waals surface area contributed by atoms with Gasteiger partial charge in [-0.15, -0.1) is 0 Å². The van der Waals surface area contributed by atoms with Gasteiger partial charge in [0.2, 0.25) is 0 Å². The molecule has 2 nitrogen and oxygen atoms in total. The molecule has 0 aromatic rings. The van der Waals surface area contributed by atoms with Crippen LogP contribution < -0.4 is 5.32 Å². The minimum Gasteiger partial charge on any atom is -0.309 e. The summed E-state index contributed by atoms with van der Waals surface area (Å²) in [6.07, 6.45) is 2.54. The summed E-state index contributed by atoms with van der Waals surface area (Å²) in [5.74, 6) is 6.35. The van der Waals surface area contributed by atoms with Gasteiger partial charge in [0.25, 0.3) is 0 Å². The molecule has 0 spiro atoms. The van der Waals surface area contributed by atoms with E-state index in [9.17, 15) is 0 Å². The molecule has 1 heterocycles. The van der Waals surface area contributed by atoms with Crippen LogP contribution in [-0.4, -0.2) is 38.1 Å². The van der Waals surface area contributed by atoms with Crippen molar-refractivity contribution in [2.75, 3.05) is 27.2 Å². The largest absolute Gasteiger partial charge is 0.309 e. The predicted molar refractivity (Wildman–Crippen MR) is 47.4 cm³/mol. The van der Waals surface area contributed by atoms with E-state index in [1.165, 1.54) is 19.4 Å². The SMILES string of the molecule is CNCC#CC1CCCN1C. The second-order valence-electron chi connectivity index (χ2n) is 2.99. The highest BCUT2D eigenvalue weighted by atomic mass is 15.1. The molecule has 1 saturated heterocycles. The molecular weight excluding hydrogens is 136 g/mol. The van der Waals surface area contributed by atoms with Gasteiger partial charge in [-0.05, 0) is 33.5 Å². The van der Waals surface area contributed by atoms with Gasteiger partial charge in [0.1, 0.15) is 0 Å². The van der Waals surface area contributed by atoms with Gasteiger partial charge in [0.15, 0.2) is 0 Å². The molecule has 0 saturated carbocycles. The van der Waals surface area contributed by atoms with Gasteiger partial charge in [-0.3, -0.25) is 4.90 Å². The van der Waals surface area contributed by atoms with Crippen molar-refractivity contribution in [3.05, 3.63) is 0 Å². The molecule has 2 heteroatoms. The number of hydrogen-bond acceptors (Lipinski definition) is 2. The Morgan fingerprint density at radius 3 is 3.00 bits per heavy atom. The topological polar surface area (TPSA) is 15.3 Å². The van der Waals surface area contributed by atoms with E-state index in [1.54, 1.807) is 0 Å². The number of nitrogens with zero attached hydrogens (tertiary/aromatic N) is 1. The third kappa shape index (κ3) is 2.53. The molecular formula is C9H16N2. The van der Waals surface area contributed by atoms with Crippen molar-refractivity contribution in [3.63, 3.8) is 0 Å². The van der Waals surface area contributed by atoms with Crippen LogP contribution in [0.25, 0.3) is 0 Å². The van der Waals surface area contributed by atoms with Crippen molar-refractivity contribution in [2.45, 2.75) is 18.9 Å². The molecule has 1 atom stereocenters. The summed E-state index contributed by atoms with van der Waals surface area (Å²) in [5, 5.41) is 3.01. The number of likely N-dealkylation sites (tertiary alicyclic amines) is 1. The third-order valence-corrected chi connectivity index (χ3v) is 2.05. The van der Waals surface area contributed by atoms with Crippen molar-refractivity contribution >= 4 is 0 Å². The molecule has 62 valence electrons. The zero-order chi connectivity index (χ0) is 8.10. The van der Waals surface area contributed by atoms with E-state index in [0.717, 1.165) is 6.54 Å². The number of hydrogen-bond donors (Lipinski definition) is 1. The maximum Gasteiger partial charge on any atom is 0.0713 e. The number of nitrogens with one attached hydrogen (secondary N) is 1. The molecule has 1 N–H and O–H groups in total. The zero-order valence-electron chi connectivity index (χ0n) is 7.35. The summed E-state index contributed by atoms with van der Waals surface area (Å²) in [6.45, 7) is 2.02. The summed E-state index contributed by atoms with van der Waals surface area (Å²) in [6, 6.07) is 0.517. The molecule has 1 aliphatic rings. The maximum absolute atomic E-state index is 3.25. The van der Waals surface area contributed by atoms with Crippen LogP contribution in [0.2, 0.25) is 0 Å². The van der Waals surface area contributed by atoms with Crippen molar-refractivity contribution in [3.8, 4) is 11.8 Å². The molecule has 0 aromatic heterocycles. The lowest BCUT2D eigenvalue weighted by Crippen LogP contribution is -2.23. The first-order valence-electron chi connectivity index (χ1n) is 4.18. The minimum absolute atomic E-state index is 0.517. The average molecular weight is 152 g/mol. The van der Waals surface area contributed by atoms with Gasteiger partial charge in [0, 0.05) is 0 Å². The molecule has 0 aliphatic carbocycles. The Labute approximate surface area is 69.0 Å². The van der Waals surface area contributed by atoms with Gasteiger partial charge in [-0.1, -0.05) is 11.8 Å². The first kappa shape index (κ1) is 8.58. The van der Waals surface area contributed by atoms with Crippen molar-refractivity contribution in [1.82, 2.24) is 10.2 Å². The van der Waals surface area contributed by atoms with E-state index in [-0.39, 0.29) is 0 Å². The fraction of sp³-hybridized carbons (Fsp3) is 0.778. The highest BCUT2D eigenvalue weighted by Crippen LogP contribution is 2.12. The van der Waals surface area contributed by atoms with E-state index >= 15 is 0 Å². The van der Waals surface area contributed by atoms with Crippen LogP contribution >= 0.6 is 0 Å². The summed E-state index contributed by atoms with van der Waals surface area (Å²) in [7, 11) is 4.07. The summed E-state index contributed by atoms with van der Waals surface area (Å²) >= 11 is 0. The minimum atomic E-state index is 0.517. The van der Waals surface area contributed by atoms with Crippen LogP contribution in [0.5, 0.6) is 0 Å². The average Bonchev–Trinajstić information content (AvgIpc) is 2.37. The van der Waals surface area contributed by atoms with E-state index < -0.39 is 0 Å². The van der Waals surface area contributed by atoms with E-state index in [2.05, 4.69) is 29.1 Å². The first-order chi connectivity index (χ1) is 5.34. The third-order valence-electron chi connectivity index (χ3n) is 2.05. The monoisotopic (exact) mass is 152 g/mol. The molecule has 0 aromatic carbocycles. The van der Waals surface area contributed by atoms with Crippen LogP contribution in [0, 0.1) is 11.8 Å². The van der Waals surface area contributed by atoms with E-state index in [4.69, 9.17) is 0 Å². The Balaban J connectivity index is 2.31. The fourth-order valence-corrected chi connectivity index (χ4v) is 1.35. The van der Waals surface area contributed by atoms with Gasteiger partial charge in [-0.2, -0.15) is 0 Å². The van der Waals surface area contributed by atoms with Gasteiger partial charge < -0.3 is 5.32 Å². The van der Waals surface area contributed by atoms with Gasteiger partial charge in [0.05, 0.1) is 12.6 Å². The Bertz CT molecular complexity index is 166. The molecule has 0 amide bonds. The molecule has 0 radical (unpaired) electrons. The van der Waals surface area contributed by atoms with Gasteiger partial charge >= 0.3 is 0 Å². The lowest BCUT2D eigenvalue weighted by Gasteiger charge is -2.11. The molecule has 1 unspecified atom stereocenters. The summed E-state index contributed by atoms with van der Waals surface area (Å²) < 4.78 is 0. The molecule has 1 rings (SSSR count). The Kier molecular flexibility index (Phi) is 3.41. The smallest absolute Gasteiger partial charge is 0.0713 e. The van der Waals surface area contributed by atoms with Crippen molar-refractivity contribution < 1.29 is 0 Å². The maximum atomic E-state index is 3.25. The first-order valence-corrected chi connectivity index (χ1v) is 4.18. The second kappa shape index (κ2) is 4.38. The lowest BCUT2D eigenvalue weighted by molar-refractivity contribution is 0.365. The highest BCUT2D eigenvalue weighted by molar-refractivity contribution is 5.10. The molecule has 1 fully saturated rings. The van der Waals surface area contributed by atoms with Crippen LogP contribution in [0.4, 0.5) is 0 Å². The van der Waals surface area contributed by atoms with Crippen LogP contribution in [0.15, 0.2) is 0 Å². The Hall–Kier alpha value is -0.520. The Morgan fingerprint density at radius 2 is 2.45 bits per heavy atom. The lowest BCUT2D eigenvalue weighted by atomic mass is 10.2. The molecule has 1 aliphatic heterocycles. The molecule has 11 heavy (non-hydrogen) atoms. The van der Waals surface area contributed by atoms with E-state index in [1.807, 2.05) is 7.05 Å². The second-order valence-corrected chi connectivity index (χ2v) is 2.99. The summed E-state index contributed by atoms with van der Waals surface area (Å²) in [5.41, 5.74) is 0. The quantitative estimate of drug-likeness (QED) is 0.544. The Morgan fingerprint density at radius 1 is 1.64 bits per heavy atom. The van der Waals surface area contributed by atoms with Gasteiger partial charge in [-0.25, -0.2) is 0 Å². The zero-order valence-corrected chi connectivity index (χ0v) is 7.35. The standard InChI is InChI=1S/C9H16N2/c1-10-7-3-5-9-6-4-8-11(9)2/h9-10H,4,6-8H2,1-2H3. The van der Waals surface area contributed by atoms with Crippen molar-refractivity contribution in [2.24, 2.45) is 0 Å². The molecule has 0 bridgehead atoms. The number of rotatable bonds is 1. The summed E-state index contributed by atoms with van der Waals surface area (Å²) in [4.78, 5) is 2.32. The van der Waals surface area contributed by atoms with Crippen LogP contribution in [0.1, 0.15) is 12.8 Å².